The first-order valence-electron chi connectivity index (χ1n) is 6.00. The molecule has 0 amide bonds. The molecule has 2 heteroatoms. The molecule has 0 N–H and O–H groups in total. The van der Waals surface area contributed by atoms with Crippen molar-refractivity contribution in [3.63, 3.8) is 0 Å². The Morgan fingerprint density at radius 3 is 2.11 bits per heavy atom. The molecule has 2 aromatic rings. The first-order valence-corrected chi connectivity index (χ1v) is 6.79. The third-order valence-electron chi connectivity index (χ3n) is 2.73. The molecule has 18 heavy (non-hydrogen) atoms. The van der Waals surface area contributed by atoms with E-state index in [-0.39, 0.29) is 5.41 Å². The van der Waals surface area contributed by atoms with Gasteiger partial charge in [0.1, 0.15) is 11.5 Å². The predicted molar refractivity (Wildman–Crippen MR) is 79.4 cm³/mol. The van der Waals surface area contributed by atoms with Crippen LogP contribution in [0.5, 0.6) is 11.5 Å². The summed E-state index contributed by atoms with van der Waals surface area (Å²) >= 11 is 3.62. The third-order valence-corrected chi connectivity index (χ3v) is 3.38. The highest BCUT2D eigenvalue weighted by Gasteiger charge is 2.17. The molecule has 0 radical (unpaired) electrons. The van der Waals surface area contributed by atoms with Crippen LogP contribution in [0.3, 0.4) is 0 Å². The van der Waals surface area contributed by atoms with Crippen molar-refractivity contribution >= 4 is 15.9 Å². The Morgan fingerprint density at radius 2 is 1.56 bits per heavy atom. The molecule has 0 atom stereocenters. The van der Waals surface area contributed by atoms with Crippen molar-refractivity contribution in [3.05, 3.63) is 58.6 Å². The summed E-state index contributed by atoms with van der Waals surface area (Å²) in [6.45, 7) is 6.60. The number of para-hydroxylation sites is 1. The Morgan fingerprint density at radius 1 is 0.889 bits per heavy atom. The van der Waals surface area contributed by atoms with Crippen LogP contribution in [-0.2, 0) is 5.41 Å². The quantitative estimate of drug-likeness (QED) is 0.708. The van der Waals surface area contributed by atoms with Gasteiger partial charge in [0.15, 0.2) is 0 Å². The molecule has 0 aromatic heterocycles. The zero-order valence-electron chi connectivity index (χ0n) is 10.9. The maximum atomic E-state index is 5.80. The summed E-state index contributed by atoms with van der Waals surface area (Å²) in [4.78, 5) is 0. The fraction of sp³-hybridized carbons (Fsp3) is 0.250. The number of hydrogen-bond donors (Lipinski definition) is 0. The highest BCUT2D eigenvalue weighted by atomic mass is 79.9. The molecule has 0 aliphatic rings. The van der Waals surface area contributed by atoms with Gasteiger partial charge in [0.25, 0.3) is 0 Å². The summed E-state index contributed by atoms with van der Waals surface area (Å²) in [7, 11) is 0. The first kappa shape index (κ1) is 13.2. The standard InChI is InChI=1S/C16H17BrO/c1-16(2,3)14-10-9-13(11-15(14)17)18-12-7-5-4-6-8-12/h4-11H,1-3H3. The zero-order chi connectivity index (χ0) is 13.2. The molecule has 0 aliphatic heterocycles. The van der Waals surface area contributed by atoms with E-state index < -0.39 is 0 Å². The molecular weight excluding hydrogens is 288 g/mol. The van der Waals surface area contributed by atoms with E-state index in [9.17, 15) is 0 Å². The lowest BCUT2D eigenvalue weighted by Gasteiger charge is -2.21. The molecule has 0 saturated heterocycles. The van der Waals surface area contributed by atoms with Gasteiger partial charge in [-0.25, -0.2) is 0 Å². The van der Waals surface area contributed by atoms with Crippen LogP contribution in [0.1, 0.15) is 26.3 Å². The lowest BCUT2D eigenvalue weighted by Crippen LogP contribution is -2.11. The normalized spacial score (nSPS) is 11.3. The molecule has 2 rings (SSSR count). The highest BCUT2D eigenvalue weighted by molar-refractivity contribution is 9.10. The molecule has 2 aromatic carbocycles. The second kappa shape index (κ2) is 5.15. The minimum Gasteiger partial charge on any atom is -0.457 e. The second-order valence-electron chi connectivity index (χ2n) is 5.31. The largest absolute Gasteiger partial charge is 0.457 e. The second-order valence-corrected chi connectivity index (χ2v) is 6.16. The Balaban J connectivity index is 2.25. The van der Waals surface area contributed by atoms with E-state index in [1.165, 1.54) is 5.56 Å². The Hall–Kier alpha value is -1.28. The summed E-state index contributed by atoms with van der Waals surface area (Å²) in [6, 6.07) is 16.0. The van der Waals surface area contributed by atoms with E-state index in [1.807, 2.05) is 42.5 Å². The minimum atomic E-state index is 0.129. The van der Waals surface area contributed by atoms with Gasteiger partial charge < -0.3 is 4.74 Å². The van der Waals surface area contributed by atoms with Gasteiger partial charge in [0.05, 0.1) is 0 Å². The van der Waals surface area contributed by atoms with Gasteiger partial charge in [-0.3, -0.25) is 0 Å². The van der Waals surface area contributed by atoms with Crippen molar-refractivity contribution in [1.82, 2.24) is 0 Å². The van der Waals surface area contributed by atoms with Crippen LogP contribution < -0.4 is 4.74 Å². The number of hydrogen-bond acceptors (Lipinski definition) is 1. The summed E-state index contributed by atoms with van der Waals surface area (Å²) in [5.41, 5.74) is 1.41. The van der Waals surface area contributed by atoms with E-state index in [1.54, 1.807) is 0 Å². The topological polar surface area (TPSA) is 9.23 Å². The smallest absolute Gasteiger partial charge is 0.128 e. The van der Waals surface area contributed by atoms with E-state index in [0.717, 1.165) is 16.0 Å². The van der Waals surface area contributed by atoms with Crippen LogP contribution in [0.4, 0.5) is 0 Å². The van der Waals surface area contributed by atoms with Crippen molar-refractivity contribution in [2.45, 2.75) is 26.2 Å². The summed E-state index contributed by atoms with van der Waals surface area (Å²) in [5.74, 6) is 1.70. The van der Waals surface area contributed by atoms with Gasteiger partial charge in [0.2, 0.25) is 0 Å². The monoisotopic (exact) mass is 304 g/mol. The van der Waals surface area contributed by atoms with Crippen molar-refractivity contribution in [2.75, 3.05) is 0 Å². The SMILES string of the molecule is CC(C)(C)c1ccc(Oc2ccccc2)cc1Br. The maximum Gasteiger partial charge on any atom is 0.128 e. The molecule has 0 unspecified atom stereocenters. The molecule has 94 valence electrons. The fourth-order valence-electron chi connectivity index (χ4n) is 1.79. The van der Waals surface area contributed by atoms with Gasteiger partial charge in [-0.05, 0) is 35.2 Å². The van der Waals surface area contributed by atoms with Crippen molar-refractivity contribution in [2.24, 2.45) is 0 Å². The van der Waals surface area contributed by atoms with Crippen molar-refractivity contribution < 1.29 is 4.74 Å². The number of benzene rings is 2. The van der Waals surface area contributed by atoms with E-state index in [0.29, 0.717) is 0 Å². The summed E-state index contributed by atoms with van der Waals surface area (Å²) in [6.07, 6.45) is 0. The van der Waals surface area contributed by atoms with Crippen LogP contribution in [0.25, 0.3) is 0 Å². The van der Waals surface area contributed by atoms with Gasteiger partial charge in [-0.1, -0.05) is 61.0 Å². The molecule has 0 heterocycles. The molecule has 0 spiro atoms. The molecule has 0 saturated carbocycles. The predicted octanol–water partition coefficient (Wildman–Crippen LogP) is 5.54. The number of halogens is 1. The van der Waals surface area contributed by atoms with E-state index in [4.69, 9.17) is 4.74 Å². The highest BCUT2D eigenvalue weighted by Crippen LogP contribution is 2.33. The van der Waals surface area contributed by atoms with Gasteiger partial charge >= 0.3 is 0 Å². The lowest BCUT2D eigenvalue weighted by atomic mass is 9.87. The Bertz CT molecular complexity index is 527. The molecule has 0 fully saturated rings. The van der Waals surface area contributed by atoms with Gasteiger partial charge in [0, 0.05) is 4.47 Å². The minimum absolute atomic E-state index is 0.129. The van der Waals surface area contributed by atoms with Crippen LogP contribution >= 0.6 is 15.9 Å². The van der Waals surface area contributed by atoms with E-state index in [2.05, 4.69) is 42.8 Å². The Labute approximate surface area is 117 Å². The van der Waals surface area contributed by atoms with E-state index >= 15 is 0 Å². The first-order chi connectivity index (χ1) is 8.47. The number of rotatable bonds is 2. The molecule has 1 nitrogen and oxygen atoms in total. The van der Waals surface area contributed by atoms with Crippen LogP contribution in [-0.4, -0.2) is 0 Å². The van der Waals surface area contributed by atoms with Crippen molar-refractivity contribution in [3.8, 4) is 11.5 Å². The average molecular weight is 305 g/mol. The van der Waals surface area contributed by atoms with Crippen molar-refractivity contribution in [1.29, 1.82) is 0 Å². The van der Waals surface area contributed by atoms with Crippen LogP contribution in [0.15, 0.2) is 53.0 Å². The fourth-order valence-corrected chi connectivity index (χ4v) is 2.74. The average Bonchev–Trinajstić information content (AvgIpc) is 2.28. The third kappa shape index (κ3) is 3.14. The van der Waals surface area contributed by atoms with Crippen LogP contribution in [0, 0.1) is 0 Å². The Kier molecular flexibility index (Phi) is 3.76. The molecular formula is C16H17BrO. The molecule has 0 aliphatic carbocycles. The summed E-state index contributed by atoms with van der Waals surface area (Å²) in [5, 5.41) is 0. The summed E-state index contributed by atoms with van der Waals surface area (Å²) < 4.78 is 6.88. The molecule has 0 bridgehead atoms. The maximum absolute atomic E-state index is 5.80. The van der Waals surface area contributed by atoms with Gasteiger partial charge in [-0.15, -0.1) is 0 Å². The van der Waals surface area contributed by atoms with Crippen LogP contribution in [0.2, 0.25) is 0 Å². The number of ether oxygens (including phenoxy) is 1. The zero-order valence-corrected chi connectivity index (χ0v) is 12.5. The lowest BCUT2D eigenvalue weighted by molar-refractivity contribution is 0.481. The van der Waals surface area contributed by atoms with Gasteiger partial charge in [-0.2, -0.15) is 0 Å².